The molecule has 1 N–H and O–H groups in total. The van der Waals surface area contributed by atoms with Gasteiger partial charge in [-0.3, -0.25) is 4.79 Å². The van der Waals surface area contributed by atoms with E-state index in [1.807, 2.05) is 0 Å². The standard InChI is InChI=1S/C22H32N2O5S/c25-21(23-19-11-5-1-2-6-12-19)17-29-22(26)18-10-9-13-20(16-18)30(27,28)24-14-7-3-4-8-15-24/h9-10,13,16,19H,1-8,11-12,14-15,17H2,(H,23,25). The number of rotatable bonds is 6. The summed E-state index contributed by atoms with van der Waals surface area (Å²) in [6, 6.07) is 6.02. The topological polar surface area (TPSA) is 92.8 Å². The molecule has 0 aromatic heterocycles. The largest absolute Gasteiger partial charge is 0.452 e. The molecule has 0 atom stereocenters. The van der Waals surface area contributed by atoms with Crippen LogP contribution >= 0.6 is 0 Å². The van der Waals surface area contributed by atoms with Crippen LogP contribution in [0.5, 0.6) is 0 Å². The Bertz CT molecular complexity index is 824. The highest BCUT2D eigenvalue weighted by Crippen LogP contribution is 2.21. The Balaban J connectivity index is 1.58. The van der Waals surface area contributed by atoms with Crippen LogP contribution in [0.4, 0.5) is 0 Å². The van der Waals surface area contributed by atoms with Gasteiger partial charge in [-0.05, 0) is 43.9 Å². The van der Waals surface area contributed by atoms with E-state index in [1.165, 1.54) is 41.4 Å². The lowest BCUT2D eigenvalue weighted by molar-refractivity contribution is -0.125. The van der Waals surface area contributed by atoms with Crippen LogP contribution in [0.15, 0.2) is 29.2 Å². The van der Waals surface area contributed by atoms with Gasteiger partial charge in [0.05, 0.1) is 10.5 Å². The molecule has 0 unspecified atom stereocenters. The highest BCUT2D eigenvalue weighted by molar-refractivity contribution is 7.89. The normalized spacial score (nSPS) is 19.5. The maximum atomic E-state index is 12.9. The van der Waals surface area contributed by atoms with E-state index in [0.29, 0.717) is 13.1 Å². The van der Waals surface area contributed by atoms with Gasteiger partial charge in [-0.2, -0.15) is 4.31 Å². The summed E-state index contributed by atoms with van der Waals surface area (Å²) in [4.78, 5) is 24.6. The molecule has 0 radical (unpaired) electrons. The minimum atomic E-state index is -3.65. The molecular weight excluding hydrogens is 404 g/mol. The monoisotopic (exact) mass is 436 g/mol. The van der Waals surface area contributed by atoms with Crippen LogP contribution in [0.2, 0.25) is 0 Å². The van der Waals surface area contributed by atoms with Gasteiger partial charge in [0.1, 0.15) is 0 Å². The number of carbonyl (C=O) groups is 2. The third-order valence-corrected chi connectivity index (χ3v) is 7.72. The molecule has 1 aliphatic heterocycles. The average Bonchev–Trinajstić information content (AvgIpc) is 3.18. The van der Waals surface area contributed by atoms with E-state index in [-0.39, 0.29) is 29.0 Å². The van der Waals surface area contributed by atoms with E-state index in [9.17, 15) is 18.0 Å². The molecule has 3 rings (SSSR count). The summed E-state index contributed by atoms with van der Waals surface area (Å²) in [7, 11) is -3.65. The maximum Gasteiger partial charge on any atom is 0.338 e. The second-order valence-electron chi connectivity index (χ2n) is 8.18. The first-order chi connectivity index (χ1) is 14.5. The Kier molecular flexibility index (Phi) is 8.27. The molecular formula is C22H32N2O5S. The Morgan fingerprint density at radius 3 is 2.27 bits per heavy atom. The molecule has 1 saturated heterocycles. The molecule has 0 spiro atoms. The molecule has 8 heteroatoms. The van der Waals surface area contributed by atoms with Gasteiger partial charge < -0.3 is 10.1 Å². The summed E-state index contributed by atoms with van der Waals surface area (Å²) in [5, 5.41) is 2.93. The smallest absolute Gasteiger partial charge is 0.338 e. The molecule has 1 aliphatic carbocycles. The zero-order valence-corrected chi connectivity index (χ0v) is 18.3. The van der Waals surface area contributed by atoms with Crippen molar-refractivity contribution in [1.29, 1.82) is 0 Å². The first kappa shape index (κ1) is 22.7. The van der Waals surface area contributed by atoms with Crippen LogP contribution in [0.1, 0.15) is 74.6 Å². The number of benzene rings is 1. The van der Waals surface area contributed by atoms with E-state index < -0.39 is 16.0 Å². The molecule has 2 aliphatic rings. The molecule has 1 amide bonds. The van der Waals surface area contributed by atoms with E-state index in [4.69, 9.17) is 4.74 Å². The molecule has 1 saturated carbocycles. The molecule has 7 nitrogen and oxygen atoms in total. The summed E-state index contributed by atoms with van der Waals surface area (Å²) in [5.41, 5.74) is 0.133. The summed E-state index contributed by atoms with van der Waals surface area (Å²) in [6.07, 6.45) is 10.2. The number of hydrogen-bond acceptors (Lipinski definition) is 5. The van der Waals surface area contributed by atoms with Crippen molar-refractivity contribution in [2.45, 2.75) is 75.1 Å². The van der Waals surface area contributed by atoms with Gasteiger partial charge in [-0.15, -0.1) is 0 Å². The predicted molar refractivity (Wildman–Crippen MR) is 114 cm³/mol. The molecule has 1 aromatic rings. The summed E-state index contributed by atoms with van der Waals surface area (Å²) in [6.45, 7) is 0.634. The third kappa shape index (κ3) is 6.28. The van der Waals surface area contributed by atoms with Crippen molar-refractivity contribution in [2.75, 3.05) is 19.7 Å². The zero-order valence-electron chi connectivity index (χ0n) is 17.5. The number of esters is 1. The fourth-order valence-electron chi connectivity index (χ4n) is 4.12. The van der Waals surface area contributed by atoms with Crippen molar-refractivity contribution in [2.24, 2.45) is 0 Å². The van der Waals surface area contributed by atoms with Gasteiger partial charge in [0.15, 0.2) is 6.61 Å². The first-order valence-electron chi connectivity index (χ1n) is 11.0. The quantitative estimate of drug-likeness (QED) is 0.546. The number of nitrogens with one attached hydrogen (secondary N) is 1. The number of hydrogen-bond donors (Lipinski definition) is 1. The molecule has 1 aromatic carbocycles. The van der Waals surface area contributed by atoms with Crippen LogP contribution in [-0.2, 0) is 19.6 Å². The highest BCUT2D eigenvalue weighted by atomic mass is 32.2. The van der Waals surface area contributed by atoms with Crippen LogP contribution in [-0.4, -0.2) is 50.3 Å². The number of sulfonamides is 1. The minimum Gasteiger partial charge on any atom is -0.452 e. The summed E-state index contributed by atoms with van der Waals surface area (Å²) in [5.74, 6) is -1.01. The number of amides is 1. The van der Waals surface area contributed by atoms with E-state index in [1.54, 1.807) is 0 Å². The fourth-order valence-corrected chi connectivity index (χ4v) is 5.69. The van der Waals surface area contributed by atoms with Crippen molar-refractivity contribution >= 4 is 21.9 Å². The molecule has 1 heterocycles. The Morgan fingerprint density at radius 1 is 0.967 bits per heavy atom. The number of ether oxygens (including phenoxy) is 1. The maximum absolute atomic E-state index is 12.9. The zero-order chi connectivity index (χ0) is 21.4. The van der Waals surface area contributed by atoms with Crippen molar-refractivity contribution < 1.29 is 22.7 Å². The van der Waals surface area contributed by atoms with Crippen molar-refractivity contribution in [3.8, 4) is 0 Å². The van der Waals surface area contributed by atoms with Gasteiger partial charge >= 0.3 is 5.97 Å². The van der Waals surface area contributed by atoms with Gasteiger partial charge in [0.25, 0.3) is 5.91 Å². The Labute approximate surface area is 179 Å². The number of nitrogens with zero attached hydrogens (tertiary/aromatic N) is 1. The van der Waals surface area contributed by atoms with Crippen LogP contribution in [0, 0.1) is 0 Å². The summed E-state index contributed by atoms with van der Waals surface area (Å²) >= 11 is 0. The SMILES string of the molecule is O=C(COC(=O)c1cccc(S(=O)(=O)N2CCCCCC2)c1)NC1CCCCCC1. The Hall–Kier alpha value is -1.93. The lowest BCUT2D eigenvalue weighted by Crippen LogP contribution is -2.37. The van der Waals surface area contributed by atoms with Crippen molar-refractivity contribution in [3.05, 3.63) is 29.8 Å². The Morgan fingerprint density at radius 2 is 1.60 bits per heavy atom. The highest BCUT2D eigenvalue weighted by Gasteiger charge is 2.26. The molecule has 2 fully saturated rings. The minimum absolute atomic E-state index is 0.0850. The van der Waals surface area contributed by atoms with Crippen molar-refractivity contribution in [1.82, 2.24) is 9.62 Å². The second-order valence-corrected chi connectivity index (χ2v) is 10.1. The van der Waals surface area contributed by atoms with Crippen LogP contribution < -0.4 is 5.32 Å². The lowest BCUT2D eigenvalue weighted by atomic mass is 10.1. The van der Waals surface area contributed by atoms with Crippen LogP contribution in [0.25, 0.3) is 0 Å². The molecule has 0 bridgehead atoms. The lowest BCUT2D eigenvalue weighted by Gasteiger charge is -2.20. The van der Waals surface area contributed by atoms with E-state index >= 15 is 0 Å². The fraction of sp³-hybridized carbons (Fsp3) is 0.636. The van der Waals surface area contributed by atoms with Gasteiger partial charge in [-0.25, -0.2) is 13.2 Å². The molecule has 166 valence electrons. The van der Waals surface area contributed by atoms with Gasteiger partial charge in [-0.1, -0.05) is 44.6 Å². The van der Waals surface area contributed by atoms with Gasteiger partial charge in [0, 0.05) is 19.1 Å². The van der Waals surface area contributed by atoms with E-state index in [0.717, 1.165) is 51.4 Å². The van der Waals surface area contributed by atoms with Crippen molar-refractivity contribution in [3.63, 3.8) is 0 Å². The summed E-state index contributed by atoms with van der Waals surface area (Å²) < 4.78 is 32.5. The second kappa shape index (κ2) is 10.9. The van der Waals surface area contributed by atoms with E-state index in [2.05, 4.69) is 5.32 Å². The van der Waals surface area contributed by atoms with Gasteiger partial charge in [0.2, 0.25) is 10.0 Å². The third-order valence-electron chi connectivity index (χ3n) is 5.83. The van der Waals surface area contributed by atoms with Crippen LogP contribution in [0.3, 0.4) is 0 Å². The predicted octanol–water partition coefficient (Wildman–Crippen LogP) is 3.25. The molecule has 30 heavy (non-hydrogen) atoms. The first-order valence-corrected chi connectivity index (χ1v) is 12.5. The average molecular weight is 437 g/mol. The number of carbonyl (C=O) groups excluding carboxylic acids is 2.